The van der Waals surface area contributed by atoms with E-state index in [4.69, 9.17) is 5.41 Å². The molecule has 0 aliphatic carbocycles. The fourth-order valence-corrected chi connectivity index (χ4v) is 4.95. The minimum Gasteiger partial charge on any atom is -0.313 e. The molecule has 238 valence electrons. The van der Waals surface area contributed by atoms with Gasteiger partial charge in [0, 0.05) is 38.5 Å². The van der Waals surface area contributed by atoms with Crippen LogP contribution in [-0.2, 0) is 32.8 Å². The Kier molecular flexibility index (Phi) is 9.24. The minimum atomic E-state index is -5.15. The molecule has 1 amide bonds. The van der Waals surface area contributed by atoms with Crippen molar-refractivity contribution in [1.29, 1.82) is 5.41 Å². The Morgan fingerprint density at radius 1 is 0.932 bits per heavy atom. The van der Waals surface area contributed by atoms with Crippen LogP contribution in [0.25, 0.3) is 11.1 Å². The number of aryl methyl sites for hydroxylation is 1. The molecule has 0 saturated carbocycles. The molecule has 16 heteroatoms. The molecule has 0 saturated heterocycles. The average Bonchev–Trinajstić information content (AvgIpc) is 2.90. The summed E-state index contributed by atoms with van der Waals surface area (Å²) in [4.78, 5) is 18.9. The fraction of sp³-hybridized carbons (Fsp3) is 0.321. The van der Waals surface area contributed by atoms with Crippen molar-refractivity contribution in [1.82, 2.24) is 9.29 Å². The van der Waals surface area contributed by atoms with Crippen molar-refractivity contribution in [3.63, 3.8) is 0 Å². The summed E-state index contributed by atoms with van der Waals surface area (Å²) in [5, 5.41) is 8.07. The highest BCUT2D eigenvalue weighted by Crippen LogP contribution is 2.42. The molecule has 0 fully saturated rings. The zero-order chi connectivity index (χ0) is 33.6. The van der Waals surface area contributed by atoms with Crippen LogP contribution in [0.1, 0.15) is 41.7 Å². The van der Waals surface area contributed by atoms with Gasteiger partial charge in [0.25, 0.3) is 0 Å². The summed E-state index contributed by atoms with van der Waals surface area (Å²) in [6.07, 6.45) is -8.49. The number of pyridine rings is 1. The number of nitrogens with one attached hydrogen (secondary N) is 2. The van der Waals surface area contributed by atoms with Gasteiger partial charge in [-0.25, -0.2) is 9.37 Å². The van der Waals surface area contributed by atoms with Gasteiger partial charge in [0.2, 0.25) is 5.91 Å². The van der Waals surface area contributed by atoms with Crippen LogP contribution >= 0.6 is 0 Å². The van der Waals surface area contributed by atoms with E-state index in [0.717, 1.165) is 47.6 Å². The van der Waals surface area contributed by atoms with Crippen molar-refractivity contribution in [2.24, 2.45) is 0 Å². The molecule has 8 nitrogen and oxygen atoms in total. The van der Waals surface area contributed by atoms with Crippen LogP contribution in [0.15, 0.2) is 42.6 Å². The molecule has 3 rings (SSSR count). The number of halogens is 7. The Bertz CT molecular complexity index is 1690. The molecule has 1 aromatic heterocycles. The van der Waals surface area contributed by atoms with Crippen molar-refractivity contribution in [3.05, 3.63) is 76.2 Å². The standard InChI is InChI=1S/C28H28F7N5O3S/c1-15-9-19(29)7-8-20(15)23-21(13-36)24(38-44(42,43)39(4)5)37-14-22(23)40(6)25(41)26(2,3)16-10-17(27(30,31)32)12-18(11-16)28(33,34)35/h7-14,36H,1-6H3,(H,37,38). The number of carbonyl (C=O) groups excluding carboxylic acids is 1. The SMILES string of the molecule is Cc1cc(F)ccc1-c1c(N(C)C(=O)C(C)(C)c2cc(C(F)(F)F)cc(C(F)(F)F)c2)cnc(NS(=O)(=O)N(C)C)c1C=N. The van der Waals surface area contributed by atoms with Crippen molar-refractivity contribution < 1.29 is 43.9 Å². The van der Waals surface area contributed by atoms with Gasteiger partial charge in [-0.05, 0) is 67.8 Å². The molecule has 0 radical (unpaired) electrons. The second kappa shape index (κ2) is 11.8. The summed E-state index contributed by atoms with van der Waals surface area (Å²) in [5.74, 6) is -1.92. The maximum absolute atomic E-state index is 14.0. The van der Waals surface area contributed by atoms with E-state index in [1.165, 1.54) is 34.1 Å². The van der Waals surface area contributed by atoms with Gasteiger partial charge >= 0.3 is 22.6 Å². The molecular weight excluding hydrogens is 619 g/mol. The second-order valence-corrected chi connectivity index (χ2v) is 12.4. The topological polar surface area (TPSA) is 106 Å². The summed E-state index contributed by atoms with van der Waals surface area (Å²) >= 11 is 0. The van der Waals surface area contributed by atoms with Crippen molar-refractivity contribution >= 4 is 33.8 Å². The summed E-state index contributed by atoms with van der Waals surface area (Å²) in [6, 6.07) is 4.42. The molecule has 0 aliphatic heterocycles. The predicted octanol–water partition coefficient (Wildman–Crippen LogP) is 6.39. The van der Waals surface area contributed by atoms with E-state index in [-0.39, 0.29) is 34.3 Å². The first kappa shape index (κ1) is 34.4. The van der Waals surface area contributed by atoms with Gasteiger partial charge in [0.05, 0.1) is 28.4 Å². The molecule has 0 bridgehead atoms. The number of nitrogens with zero attached hydrogens (tertiary/aromatic N) is 3. The first-order chi connectivity index (χ1) is 20.0. The van der Waals surface area contributed by atoms with Gasteiger partial charge < -0.3 is 10.3 Å². The number of aromatic nitrogens is 1. The molecule has 0 atom stereocenters. The quantitative estimate of drug-likeness (QED) is 0.218. The van der Waals surface area contributed by atoms with Gasteiger partial charge in [-0.15, -0.1) is 0 Å². The highest BCUT2D eigenvalue weighted by atomic mass is 32.2. The summed E-state index contributed by atoms with van der Waals surface area (Å²) < 4.78 is 124. The summed E-state index contributed by atoms with van der Waals surface area (Å²) in [7, 11) is -0.485. The maximum Gasteiger partial charge on any atom is 0.416 e. The van der Waals surface area contributed by atoms with Gasteiger partial charge in [-0.2, -0.15) is 39.1 Å². The highest BCUT2D eigenvalue weighted by molar-refractivity contribution is 7.90. The molecular formula is C28H28F7N5O3S. The predicted molar refractivity (Wildman–Crippen MR) is 151 cm³/mol. The maximum atomic E-state index is 14.0. The Hall–Kier alpha value is -4.05. The number of likely N-dealkylation sites (N-methyl/N-ethyl adjacent to an activating group) is 1. The molecule has 1 heterocycles. The van der Waals surface area contributed by atoms with E-state index >= 15 is 0 Å². The van der Waals surface area contributed by atoms with Crippen molar-refractivity contribution in [2.45, 2.75) is 38.5 Å². The van der Waals surface area contributed by atoms with Gasteiger partial charge in [0.15, 0.2) is 0 Å². The fourth-order valence-electron chi connectivity index (χ4n) is 4.36. The third-order valence-corrected chi connectivity index (χ3v) is 8.33. The average molecular weight is 648 g/mol. The van der Waals surface area contributed by atoms with Crippen LogP contribution in [-0.4, -0.2) is 51.0 Å². The number of carbonyl (C=O) groups is 1. The summed E-state index contributed by atoms with van der Waals surface area (Å²) in [5.41, 5.74) is -5.44. The van der Waals surface area contributed by atoms with Crippen LogP contribution in [0.2, 0.25) is 0 Å². The number of anilines is 2. The van der Waals surface area contributed by atoms with E-state index in [1.807, 2.05) is 0 Å². The first-order valence-corrected chi connectivity index (χ1v) is 14.0. The van der Waals surface area contributed by atoms with Crippen LogP contribution in [0, 0.1) is 18.2 Å². The Morgan fingerprint density at radius 3 is 1.91 bits per heavy atom. The number of alkyl halides is 6. The third kappa shape index (κ3) is 6.85. The molecule has 0 spiro atoms. The lowest BCUT2D eigenvalue weighted by Crippen LogP contribution is -2.42. The lowest BCUT2D eigenvalue weighted by Gasteiger charge is -2.32. The molecule has 2 aromatic carbocycles. The van der Waals surface area contributed by atoms with Crippen LogP contribution in [0.3, 0.4) is 0 Å². The minimum absolute atomic E-state index is 0.0237. The highest BCUT2D eigenvalue weighted by Gasteiger charge is 2.41. The zero-order valence-corrected chi connectivity index (χ0v) is 25.1. The number of hydrogen-bond donors (Lipinski definition) is 2. The van der Waals surface area contributed by atoms with Crippen LogP contribution < -0.4 is 9.62 Å². The Morgan fingerprint density at radius 2 is 1.45 bits per heavy atom. The molecule has 0 aliphatic rings. The summed E-state index contributed by atoms with van der Waals surface area (Å²) in [6.45, 7) is 3.80. The number of benzene rings is 2. The monoisotopic (exact) mass is 647 g/mol. The van der Waals surface area contributed by atoms with Crippen LogP contribution in [0.5, 0.6) is 0 Å². The van der Waals surface area contributed by atoms with E-state index in [9.17, 15) is 43.9 Å². The van der Waals surface area contributed by atoms with Gasteiger partial charge in [0.1, 0.15) is 11.6 Å². The van der Waals surface area contributed by atoms with E-state index in [2.05, 4.69) is 9.71 Å². The second-order valence-electron chi connectivity index (χ2n) is 10.6. The lowest BCUT2D eigenvalue weighted by molar-refractivity contribution is -0.143. The van der Waals surface area contributed by atoms with Gasteiger partial charge in [-0.3, -0.25) is 9.52 Å². The van der Waals surface area contributed by atoms with Crippen molar-refractivity contribution in [2.75, 3.05) is 30.8 Å². The molecule has 3 aromatic rings. The van der Waals surface area contributed by atoms with Crippen LogP contribution in [0.4, 0.5) is 42.2 Å². The number of amides is 1. The van der Waals surface area contributed by atoms with E-state index in [0.29, 0.717) is 17.7 Å². The largest absolute Gasteiger partial charge is 0.416 e. The lowest BCUT2D eigenvalue weighted by atomic mass is 9.81. The molecule has 0 unspecified atom stereocenters. The number of rotatable bonds is 8. The van der Waals surface area contributed by atoms with E-state index in [1.54, 1.807) is 0 Å². The normalized spacial score (nSPS) is 12.8. The number of hydrogen-bond acceptors (Lipinski definition) is 5. The van der Waals surface area contributed by atoms with E-state index < -0.39 is 56.4 Å². The zero-order valence-electron chi connectivity index (χ0n) is 24.2. The first-order valence-electron chi connectivity index (χ1n) is 12.6. The van der Waals surface area contributed by atoms with Crippen molar-refractivity contribution in [3.8, 4) is 11.1 Å². The third-order valence-electron chi connectivity index (χ3n) is 6.92. The molecule has 2 N–H and O–H groups in total. The van der Waals surface area contributed by atoms with Gasteiger partial charge in [-0.1, -0.05) is 6.07 Å². The molecule has 44 heavy (non-hydrogen) atoms. The Balaban J connectivity index is 2.29. The Labute approximate surface area is 249 Å². The smallest absolute Gasteiger partial charge is 0.313 e.